The summed E-state index contributed by atoms with van der Waals surface area (Å²) in [4.78, 5) is 11.6. The summed E-state index contributed by atoms with van der Waals surface area (Å²) in [6, 6.07) is 1.73. The lowest BCUT2D eigenvalue weighted by molar-refractivity contribution is 0.0974. The Morgan fingerprint density at radius 2 is 2.57 bits per heavy atom. The van der Waals surface area contributed by atoms with Crippen LogP contribution in [0.1, 0.15) is 29.6 Å². The lowest BCUT2D eigenvalue weighted by atomic mass is 9.99. The van der Waals surface area contributed by atoms with Crippen LogP contribution in [0.15, 0.2) is 23.0 Å². The quantitative estimate of drug-likeness (QED) is 0.742. The van der Waals surface area contributed by atoms with Gasteiger partial charge in [-0.25, -0.2) is 0 Å². The number of hydrogen-bond donors (Lipinski definition) is 1. The van der Waals surface area contributed by atoms with Gasteiger partial charge >= 0.3 is 0 Å². The van der Waals surface area contributed by atoms with Gasteiger partial charge in [-0.2, -0.15) is 0 Å². The molecule has 1 unspecified atom stereocenters. The summed E-state index contributed by atoms with van der Waals surface area (Å²) in [6.45, 7) is 2.17. The molecule has 3 heteroatoms. The zero-order chi connectivity index (χ0) is 9.80. The van der Waals surface area contributed by atoms with Crippen molar-refractivity contribution in [1.82, 2.24) is 5.32 Å². The van der Waals surface area contributed by atoms with Crippen LogP contribution >= 0.6 is 0 Å². The zero-order valence-electron chi connectivity index (χ0n) is 8.16. The van der Waals surface area contributed by atoms with E-state index in [1.165, 1.54) is 12.7 Å². The van der Waals surface area contributed by atoms with Gasteiger partial charge in [-0.3, -0.25) is 4.79 Å². The molecule has 0 saturated carbocycles. The minimum absolute atomic E-state index is 0.200. The Morgan fingerprint density at radius 1 is 1.64 bits per heavy atom. The number of nitrogens with one attached hydrogen (secondary N) is 1. The highest BCUT2D eigenvalue weighted by Gasteiger charge is 2.16. The van der Waals surface area contributed by atoms with Crippen LogP contribution < -0.4 is 5.32 Å². The molecule has 1 N–H and O–H groups in total. The second kappa shape index (κ2) is 4.42. The zero-order valence-corrected chi connectivity index (χ0v) is 8.16. The van der Waals surface area contributed by atoms with Crippen molar-refractivity contribution in [3.63, 3.8) is 0 Å². The first-order chi connectivity index (χ1) is 6.86. The summed E-state index contributed by atoms with van der Waals surface area (Å²) in [5, 5.41) is 3.30. The average molecular weight is 193 g/mol. The Labute approximate surface area is 83.5 Å². The molecule has 3 nitrogen and oxygen atoms in total. The van der Waals surface area contributed by atoms with Crippen LogP contribution in [0.5, 0.6) is 0 Å². The van der Waals surface area contributed by atoms with E-state index < -0.39 is 0 Å². The van der Waals surface area contributed by atoms with Gasteiger partial charge < -0.3 is 9.73 Å². The molecule has 1 aliphatic heterocycles. The number of carbonyl (C=O) groups excluding carboxylic acids is 1. The summed E-state index contributed by atoms with van der Waals surface area (Å²) < 4.78 is 4.87. The topological polar surface area (TPSA) is 42.2 Å². The SMILES string of the molecule is O=C(CCC1CCNC1)c1ccoc1. The van der Waals surface area contributed by atoms with Crippen molar-refractivity contribution in [1.29, 1.82) is 0 Å². The molecule has 0 aliphatic carbocycles. The van der Waals surface area contributed by atoms with Gasteiger partial charge in [0.2, 0.25) is 0 Å². The van der Waals surface area contributed by atoms with Crippen LogP contribution in [-0.2, 0) is 0 Å². The van der Waals surface area contributed by atoms with Crippen molar-refractivity contribution in [2.24, 2.45) is 5.92 Å². The predicted octanol–water partition coefficient (Wildman–Crippen LogP) is 1.85. The van der Waals surface area contributed by atoms with Crippen molar-refractivity contribution in [2.45, 2.75) is 19.3 Å². The van der Waals surface area contributed by atoms with Gasteiger partial charge in [0.25, 0.3) is 0 Å². The largest absolute Gasteiger partial charge is 0.472 e. The van der Waals surface area contributed by atoms with Crippen molar-refractivity contribution < 1.29 is 9.21 Å². The number of hydrogen-bond acceptors (Lipinski definition) is 3. The third-order valence-corrected chi connectivity index (χ3v) is 2.79. The summed E-state index contributed by atoms with van der Waals surface area (Å²) in [7, 11) is 0. The predicted molar refractivity (Wildman–Crippen MR) is 53.2 cm³/mol. The molecule has 76 valence electrons. The molecule has 1 fully saturated rings. The summed E-state index contributed by atoms with van der Waals surface area (Å²) in [6.07, 6.45) is 5.92. The van der Waals surface area contributed by atoms with Crippen LogP contribution in [-0.4, -0.2) is 18.9 Å². The van der Waals surface area contributed by atoms with E-state index in [0.29, 0.717) is 17.9 Å². The molecule has 0 spiro atoms. The second-order valence-electron chi connectivity index (χ2n) is 3.83. The fourth-order valence-electron chi connectivity index (χ4n) is 1.86. The Balaban J connectivity index is 1.78. The van der Waals surface area contributed by atoms with Gasteiger partial charge in [0.1, 0.15) is 6.26 Å². The Morgan fingerprint density at radius 3 is 3.21 bits per heavy atom. The van der Waals surface area contributed by atoms with Crippen molar-refractivity contribution in [3.8, 4) is 0 Å². The molecule has 1 atom stereocenters. The fourth-order valence-corrected chi connectivity index (χ4v) is 1.86. The first kappa shape index (κ1) is 9.46. The van der Waals surface area contributed by atoms with Crippen molar-refractivity contribution >= 4 is 5.78 Å². The van der Waals surface area contributed by atoms with E-state index in [9.17, 15) is 4.79 Å². The van der Waals surface area contributed by atoms with Crippen LogP contribution in [0.25, 0.3) is 0 Å². The van der Waals surface area contributed by atoms with Crippen LogP contribution in [0.2, 0.25) is 0 Å². The van der Waals surface area contributed by atoms with Crippen LogP contribution in [0.3, 0.4) is 0 Å². The maximum absolute atomic E-state index is 11.6. The maximum Gasteiger partial charge on any atom is 0.166 e. The third-order valence-electron chi connectivity index (χ3n) is 2.79. The lowest BCUT2D eigenvalue weighted by Crippen LogP contribution is -2.10. The van der Waals surface area contributed by atoms with Crippen molar-refractivity contribution in [3.05, 3.63) is 24.2 Å². The molecule has 1 saturated heterocycles. The van der Waals surface area contributed by atoms with Gasteiger partial charge in [-0.1, -0.05) is 0 Å². The molecule has 0 radical (unpaired) electrons. The van der Waals surface area contributed by atoms with E-state index >= 15 is 0 Å². The molecule has 0 amide bonds. The van der Waals surface area contributed by atoms with E-state index in [4.69, 9.17) is 4.42 Å². The second-order valence-corrected chi connectivity index (χ2v) is 3.83. The van der Waals surface area contributed by atoms with E-state index in [1.807, 2.05) is 0 Å². The highest BCUT2D eigenvalue weighted by atomic mass is 16.3. The fraction of sp³-hybridized carbons (Fsp3) is 0.545. The summed E-state index contributed by atoms with van der Waals surface area (Å²) >= 11 is 0. The first-order valence-corrected chi connectivity index (χ1v) is 5.12. The normalized spacial score (nSPS) is 21.3. The number of Topliss-reactive ketones (excluding diaryl/α,β-unsaturated/α-hetero) is 1. The van der Waals surface area contributed by atoms with Gasteiger partial charge in [-0.05, 0) is 37.9 Å². The molecular weight excluding hydrogens is 178 g/mol. The lowest BCUT2D eigenvalue weighted by Gasteiger charge is -2.05. The van der Waals surface area contributed by atoms with E-state index in [1.54, 1.807) is 12.3 Å². The molecule has 0 aromatic carbocycles. The minimum Gasteiger partial charge on any atom is -0.472 e. The highest BCUT2D eigenvalue weighted by molar-refractivity contribution is 5.95. The monoisotopic (exact) mass is 193 g/mol. The number of carbonyl (C=O) groups is 1. The molecule has 0 bridgehead atoms. The molecule has 1 aromatic rings. The Hall–Kier alpha value is -1.09. The standard InChI is InChI=1S/C11H15NO2/c13-11(10-4-6-14-8-10)2-1-9-3-5-12-7-9/h4,6,8-9,12H,1-3,5,7H2. The van der Waals surface area contributed by atoms with E-state index in [0.717, 1.165) is 19.5 Å². The molecule has 2 rings (SSSR count). The number of rotatable bonds is 4. The summed E-state index contributed by atoms with van der Waals surface area (Å²) in [5.41, 5.74) is 0.705. The van der Waals surface area contributed by atoms with Crippen molar-refractivity contribution in [2.75, 3.05) is 13.1 Å². The third kappa shape index (κ3) is 2.23. The van der Waals surface area contributed by atoms with Gasteiger partial charge in [0, 0.05) is 6.42 Å². The van der Waals surface area contributed by atoms with Gasteiger partial charge in [0.15, 0.2) is 5.78 Å². The Bertz CT molecular complexity index is 286. The number of furan rings is 1. The van der Waals surface area contributed by atoms with Crippen LogP contribution in [0.4, 0.5) is 0 Å². The highest BCUT2D eigenvalue weighted by Crippen LogP contribution is 2.16. The summed E-state index contributed by atoms with van der Waals surface area (Å²) in [5.74, 6) is 0.886. The smallest absolute Gasteiger partial charge is 0.166 e. The maximum atomic E-state index is 11.6. The number of ketones is 1. The molecule has 2 heterocycles. The first-order valence-electron chi connectivity index (χ1n) is 5.12. The van der Waals surface area contributed by atoms with Gasteiger partial charge in [0.05, 0.1) is 11.8 Å². The van der Waals surface area contributed by atoms with Gasteiger partial charge in [-0.15, -0.1) is 0 Å². The van der Waals surface area contributed by atoms with E-state index in [-0.39, 0.29) is 5.78 Å². The molecule has 1 aromatic heterocycles. The molecular formula is C11H15NO2. The minimum atomic E-state index is 0.200. The Kier molecular flexibility index (Phi) is 2.99. The average Bonchev–Trinajstić information content (AvgIpc) is 2.87. The molecule has 14 heavy (non-hydrogen) atoms. The van der Waals surface area contributed by atoms with Crippen LogP contribution in [0, 0.1) is 5.92 Å². The van der Waals surface area contributed by atoms with E-state index in [2.05, 4.69) is 5.32 Å². The molecule has 1 aliphatic rings.